The fourth-order valence-electron chi connectivity index (χ4n) is 2.90. The number of benzene rings is 2. The Morgan fingerprint density at radius 1 is 1.07 bits per heavy atom. The van der Waals surface area contributed by atoms with Crippen molar-refractivity contribution in [2.45, 2.75) is 30.9 Å². The Bertz CT molecular complexity index is 916. The Hall–Kier alpha value is -2.51. The molecule has 1 saturated carbocycles. The van der Waals surface area contributed by atoms with E-state index in [0.29, 0.717) is 5.82 Å². The maximum atomic E-state index is 13.5. The Kier molecular flexibility index (Phi) is 5.43. The Labute approximate surface area is 160 Å². The maximum absolute atomic E-state index is 13.5. The van der Waals surface area contributed by atoms with Crippen molar-refractivity contribution in [1.82, 2.24) is 10.1 Å². The number of aromatic nitrogens is 2. The number of hydrogen-bond donors (Lipinski definition) is 1. The van der Waals surface area contributed by atoms with Crippen LogP contribution in [0.25, 0.3) is 0 Å². The lowest BCUT2D eigenvalue weighted by molar-refractivity contribution is 0.190. The number of nitrogens with two attached hydrogens (primary N) is 1. The molecule has 1 atom stereocenters. The van der Waals surface area contributed by atoms with E-state index in [9.17, 15) is 8.78 Å². The number of hydrogen-bond acceptors (Lipinski definition) is 5. The molecule has 0 spiro atoms. The third-order valence-electron chi connectivity index (χ3n) is 4.60. The standard InChI is InChI=1S/C19H17F2N3O2.ClH/c20-14-8-7-13(11-15(14)21)25-16(12-5-2-1-3-6-12)17-23-18(24-26-17)19(22)9-4-10-19;/h1-3,5-8,11,16H,4,9-10,22H2;1H. The van der Waals surface area contributed by atoms with Gasteiger partial charge in [0.25, 0.3) is 5.89 Å². The average molecular weight is 394 g/mol. The molecule has 2 aromatic carbocycles. The summed E-state index contributed by atoms with van der Waals surface area (Å²) < 4.78 is 38.0. The molecule has 1 heterocycles. The maximum Gasteiger partial charge on any atom is 0.272 e. The second-order valence-electron chi connectivity index (χ2n) is 6.45. The van der Waals surface area contributed by atoms with Crippen LogP contribution in [0.3, 0.4) is 0 Å². The van der Waals surface area contributed by atoms with Gasteiger partial charge in [0.05, 0.1) is 5.54 Å². The lowest BCUT2D eigenvalue weighted by Gasteiger charge is -2.34. The number of rotatable bonds is 5. The van der Waals surface area contributed by atoms with Crippen LogP contribution >= 0.6 is 12.4 Å². The average Bonchev–Trinajstić information content (AvgIpc) is 3.11. The Balaban J connectivity index is 0.00000210. The molecule has 5 nitrogen and oxygen atoms in total. The van der Waals surface area contributed by atoms with Crippen molar-refractivity contribution in [2.75, 3.05) is 0 Å². The van der Waals surface area contributed by atoms with Gasteiger partial charge in [-0.25, -0.2) is 8.78 Å². The largest absolute Gasteiger partial charge is 0.476 e. The minimum absolute atomic E-state index is 0. The fourth-order valence-corrected chi connectivity index (χ4v) is 2.90. The molecule has 0 bridgehead atoms. The first kappa shape index (κ1) is 19.3. The van der Waals surface area contributed by atoms with Gasteiger partial charge < -0.3 is 15.0 Å². The lowest BCUT2D eigenvalue weighted by atomic mass is 9.77. The van der Waals surface area contributed by atoms with Crippen molar-refractivity contribution in [3.8, 4) is 5.75 Å². The fraction of sp³-hybridized carbons (Fsp3) is 0.263. The molecule has 2 N–H and O–H groups in total. The molecule has 0 saturated heterocycles. The van der Waals surface area contributed by atoms with Crippen LogP contribution in [0.2, 0.25) is 0 Å². The summed E-state index contributed by atoms with van der Waals surface area (Å²) in [5.41, 5.74) is 6.43. The van der Waals surface area contributed by atoms with Gasteiger partial charge in [0, 0.05) is 11.6 Å². The van der Waals surface area contributed by atoms with Gasteiger partial charge in [-0.15, -0.1) is 12.4 Å². The second kappa shape index (κ2) is 7.62. The monoisotopic (exact) mass is 393 g/mol. The van der Waals surface area contributed by atoms with Crippen LogP contribution in [0.4, 0.5) is 8.78 Å². The molecule has 0 amide bonds. The Morgan fingerprint density at radius 3 is 2.44 bits per heavy atom. The van der Waals surface area contributed by atoms with E-state index in [2.05, 4.69) is 10.1 Å². The smallest absolute Gasteiger partial charge is 0.272 e. The van der Waals surface area contributed by atoms with E-state index in [0.717, 1.165) is 37.0 Å². The van der Waals surface area contributed by atoms with Crippen molar-refractivity contribution in [3.63, 3.8) is 0 Å². The number of ether oxygens (including phenoxy) is 1. The predicted octanol–water partition coefficient (Wildman–Crippen LogP) is 4.28. The minimum atomic E-state index is -0.990. The first-order chi connectivity index (χ1) is 12.5. The van der Waals surface area contributed by atoms with Crippen molar-refractivity contribution in [1.29, 1.82) is 0 Å². The molecule has 0 radical (unpaired) electrons. The van der Waals surface area contributed by atoms with Gasteiger partial charge >= 0.3 is 0 Å². The van der Waals surface area contributed by atoms with Gasteiger partial charge in [-0.2, -0.15) is 4.98 Å². The lowest BCUT2D eigenvalue weighted by Crippen LogP contribution is -2.44. The number of nitrogens with zero attached hydrogens (tertiary/aromatic N) is 2. The van der Waals surface area contributed by atoms with Gasteiger partial charge in [-0.1, -0.05) is 35.5 Å². The normalized spacial score (nSPS) is 16.1. The molecular weight excluding hydrogens is 376 g/mol. The van der Waals surface area contributed by atoms with E-state index < -0.39 is 23.3 Å². The molecule has 4 rings (SSSR count). The summed E-state index contributed by atoms with van der Waals surface area (Å²) in [7, 11) is 0. The van der Waals surface area contributed by atoms with Crippen LogP contribution in [-0.2, 0) is 5.54 Å². The van der Waals surface area contributed by atoms with Gasteiger partial charge in [0.1, 0.15) is 5.75 Å². The van der Waals surface area contributed by atoms with E-state index in [4.69, 9.17) is 15.0 Å². The number of halogens is 3. The molecule has 1 unspecified atom stereocenters. The van der Waals surface area contributed by atoms with E-state index in [1.807, 2.05) is 30.3 Å². The summed E-state index contributed by atoms with van der Waals surface area (Å²) in [6, 6.07) is 12.5. The highest BCUT2D eigenvalue weighted by Gasteiger charge is 2.40. The molecule has 27 heavy (non-hydrogen) atoms. The summed E-state index contributed by atoms with van der Waals surface area (Å²) in [6.07, 6.45) is 1.86. The van der Waals surface area contributed by atoms with Crippen molar-refractivity contribution in [2.24, 2.45) is 5.73 Å². The third-order valence-corrected chi connectivity index (χ3v) is 4.60. The molecule has 142 valence electrons. The Morgan fingerprint density at radius 2 is 1.81 bits per heavy atom. The van der Waals surface area contributed by atoms with E-state index in [1.54, 1.807) is 0 Å². The van der Waals surface area contributed by atoms with Gasteiger partial charge in [-0.05, 0) is 31.4 Å². The molecule has 3 aromatic rings. The first-order valence-electron chi connectivity index (χ1n) is 8.35. The minimum Gasteiger partial charge on any atom is -0.476 e. The molecule has 1 aliphatic rings. The van der Waals surface area contributed by atoms with Gasteiger partial charge in [0.2, 0.25) is 6.10 Å². The third kappa shape index (κ3) is 3.79. The molecule has 1 aromatic heterocycles. The SMILES string of the molecule is Cl.NC1(c2noc(C(Oc3ccc(F)c(F)c3)c3ccccc3)n2)CCC1. The topological polar surface area (TPSA) is 74.2 Å². The summed E-state index contributed by atoms with van der Waals surface area (Å²) in [5.74, 6) is -1.12. The molecule has 0 aliphatic heterocycles. The zero-order chi connectivity index (χ0) is 18.1. The van der Waals surface area contributed by atoms with Gasteiger partial charge in [-0.3, -0.25) is 0 Å². The van der Waals surface area contributed by atoms with Crippen molar-refractivity contribution in [3.05, 3.63) is 77.4 Å². The second-order valence-corrected chi connectivity index (χ2v) is 6.45. The van der Waals surface area contributed by atoms with Crippen molar-refractivity contribution >= 4 is 12.4 Å². The summed E-state index contributed by atoms with van der Waals surface area (Å²) in [5, 5.41) is 4.00. The summed E-state index contributed by atoms with van der Waals surface area (Å²) in [4.78, 5) is 4.42. The molecule has 8 heteroatoms. The first-order valence-corrected chi connectivity index (χ1v) is 8.35. The predicted molar refractivity (Wildman–Crippen MR) is 96.5 cm³/mol. The van der Waals surface area contributed by atoms with Crippen molar-refractivity contribution < 1.29 is 18.0 Å². The highest BCUT2D eigenvalue weighted by molar-refractivity contribution is 5.85. The summed E-state index contributed by atoms with van der Waals surface area (Å²) >= 11 is 0. The molecule has 1 aliphatic carbocycles. The molecular formula is C19H18ClF2N3O2. The van der Waals surface area contributed by atoms with Crippen LogP contribution in [0, 0.1) is 11.6 Å². The quantitative estimate of drug-likeness (QED) is 0.700. The highest BCUT2D eigenvalue weighted by Crippen LogP contribution is 2.38. The zero-order valence-electron chi connectivity index (χ0n) is 14.3. The van der Waals surface area contributed by atoms with Crippen LogP contribution < -0.4 is 10.5 Å². The zero-order valence-corrected chi connectivity index (χ0v) is 15.1. The van der Waals surface area contributed by atoms with Crippen LogP contribution in [0.15, 0.2) is 53.1 Å². The summed E-state index contributed by atoms with van der Waals surface area (Å²) in [6.45, 7) is 0. The van der Waals surface area contributed by atoms with Crippen LogP contribution in [0.1, 0.15) is 42.6 Å². The van der Waals surface area contributed by atoms with Crippen LogP contribution in [-0.4, -0.2) is 10.1 Å². The van der Waals surface area contributed by atoms with E-state index in [-0.39, 0.29) is 24.0 Å². The van der Waals surface area contributed by atoms with E-state index >= 15 is 0 Å². The highest BCUT2D eigenvalue weighted by atomic mass is 35.5. The van der Waals surface area contributed by atoms with E-state index in [1.165, 1.54) is 6.07 Å². The molecule has 1 fully saturated rings. The van der Waals surface area contributed by atoms with Crippen LogP contribution in [0.5, 0.6) is 5.75 Å². The van der Waals surface area contributed by atoms with Gasteiger partial charge in [0.15, 0.2) is 17.5 Å².